The van der Waals surface area contributed by atoms with E-state index >= 15 is 0 Å². The molecule has 1 aliphatic heterocycles. The Morgan fingerprint density at radius 3 is 2.83 bits per heavy atom. The molecule has 1 heterocycles. The van der Waals surface area contributed by atoms with Gasteiger partial charge >= 0.3 is 0 Å². The minimum atomic E-state index is -0.0146. The van der Waals surface area contributed by atoms with Gasteiger partial charge in [-0.05, 0) is 43.8 Å². The third kappa shape index (κ3) is 4.16. The zero-order valence-electron chi connectivity index (χ0n) is 13.2. The first kappa shape index (κ1) is 18.0. The third-order valence-electron chi connectivity index (χ3n) is 4.88. The Morgan fingerprint density at radius 2 is 2.09 bits per heavy atom. The highest BCUT2D eigenvalue weighted by molar-refractivity contribution is 5.85. The summed E-state index contributed by atoms with van der Waals surface area (Å²) in [6.45, 7) is 2.79. The molecule has 0 radical (unpaired) electrons. The van der Waals surface area contributed by atoms with Crippen LogP contribution in [0.3, 0.4) is 0 Å². The van der Waals surface area contributed by atoms with Crippen LogP contribution in [0.15, 0.2) is 24.3 Å². The first-order chi connectivity index (χ1) is 10.7. The van der Waals surface area contributed by atoms with Crippen LogP contribution in [0.25, 0.3) is 0 Å². The Labute approximate surface area is 143 Å². The van der Waals surface area contributed by atoms with Gasteiger partial charge in [-0.15, -0.1) is 12.4 Å². The van der Waals surface area contributed by atoms with Gasteiger partial charge in [0.2, 0.25) is 5.91 Å². The van der Waals surface area contributed by atoms with E-state index in [1.807, 2.05) is 24.3 Å². The highest BCUT2D eigenvalue weighted by atomic mass is 35.5. The number of aliphatic hydroxyl groups is 1. The molecule has 1 saturated carbocycles. The van der Waals surface area contributed by atoms with Crippen molar-refractivity contribution in [3.8, 4) is 5.75 Å². The fourth-order valence-corrected chi connectivity index (χ4v) is 3.45. The molecule has 2 aliphatic rings. The van der Waals surface area contributed by atoms with Gasteiger partial charge in [-0.3, -0.25) is 4.79 Å². The summed E-state index contributed by atoms with van der Waals surface area (Å²) in [6, 6.07) is 7.63. The molecule has 0 bridgehead atoms. The SMILES string of the molecule is Cl.O=C(NCc1ccccc1OCCO)C1CC12CCNCC2. The van der Waals surface area contributed by atoms with Crippen molar-refractivity contribution >= 4 is 18.3 Å². The fraction of sp³-hybridized carbons (Fsp3) is 0.588. The Hall–Kier alpha value is -1.30. The lowest BCUT2D eigenvalue weighted by Crippen LogP contribution is -2.33. The fourth-order valence-electron chi connectivity index (χ4n) is 3.45. The van der Waals surface area contributed by atoms with E-state index in [9.17, 15) is 4.79 Å². The predicted molar refractivity (Wildman–Crippen MR) is 90.8 cm³/mol. The summed E-state index contributed by atoms with van der Waals surface area (Å²) in [5.41, 5.74) is 1.21. The molecule has 1 saturated heterocycles. The molecule has 23 heavy (non-hydrogen) atoms. The van der Waals surface area contributed by atoms with Gasteiger partial charge in [-0.2, -0.15) is 0 Å². The Balaban J connectivity index is 0.00000192. The molecule has 1 atom stereocenters. The van der Waals surface area contributed by atoms with E-state index in [0.717, 1.165) is 43.7 Å². The summed E-state index contributed by atoms with van der Waals surface area (Å²) in [7, 11) is 0. The van der Waals surface area contributed by atoms with Crippen LogP contribution in [0.5, 0.6) is 5.75 Å². The van der Waals surface area contributed by atoms with Crippen LogP contribution in [0.2, 0.25) is 0 Å². The normalized spacial score (nSPS) is 21.3. The monoisotopic (exact) mass is 340 g/mol. The van der Waals surface area contributed by atoms with Crippen molar-refractivity contribution in [1.82, 2.24) is 10.6 Å². The third-order valence-corrected chi connectivity index (χ3v) is 4.88. The second-order valence-corrected chi connectivity index (χ2v) is 6.27. The van der Waals surface area contributed by atoms with Crippen LogP contribution in [-0.4, -0.2) is 37.3 Å². The van der Waals surface area contributed by atoms with Crippen molar-refractivity contribution in [1.29, 1.82) is 0 Å². The summed E-state index contributed by atoms with van der Waals surface area (Å²) in [6.07, 6.45) is 3.26. The molecule has 1 spiro atoms. The van der Waals surface area contributed by atoms with Gasteiger partial charge in [0.1, 0.15) is 12.4 Å². The molecule has 2 fully saturated rings. The highest BCUT2D eigenvalue weighted by Gasteiger charge is 2.57. The molecule has 3 N–H and O–H groups in total. The minimum Gasteiger partial charge on any atom is -0.491 e. The number of para-hydroxylation sites is 1. The average Bonchev–Trinajstić information content (AvgIpc) is 3.25. The van der Waals surface area contributed by atoms with Gasteiger partial charge in [-0.1, -0.05) is 18.2 Å². The molecular weight excluding hydrogens is 316 g/mol. The number of aliphatic hydroxyl groups excluding tert-OH is 1. The maximum absolute atomic E-state index is 12.4. The topological polar surface area (TPSA) is 70.6 Å². The Kier molecular flexibility index (Phi) is 6.27. The Morgan fingerprint density at radius 1 is 1.35 bits per heavy atom. The van der Waals surface area contributed by atoms with Gasteiger partial charge in [0, 0.05) is 18.0 Å². The van der Waals surface area contributed by atoms with Crippen molar-refractivity contribution < 1.29 is 14.6 Å². The number of halogens is 1. The maximum Gasteiger partial charge on any atom is 0.223 e. The number of amides is 1. The number of carbonyl (C=O) groups is 1. The first-order valence-electron chi connectivity index (χ1n) is 8.05. The largest absolute Gasteiger partial charge is 0.491 e. The molecule has 128 valence electrons. The van der Waals surface area contributed by atoms with Crippen LogP contribution >= 0.6 is 12.4 Å². The lowest BCUT2D eigenvalue weighted by Gasteiger charge is -2.23. The molecule has 1 aromatic carbocycles. The van der Waals surface area contributed by atoms with Gasteiger partial charge in [0.05, 0.1) is 6.61 Å². The van der Waals surface area contributed by atoms with Crippen molar-refractivity contribution in [2.45, 2.75) is 25.8 Å². The maximum atomic E-state index is 12.4. The average molecular weight is 341 g/mol. The standard InChI is InChI=1S/C17H24N2O3.ClH/c20-9-10-22-15-4-2-1-3-13(15)12-19-16(21)14-11-17(14)5-7-18-8-6-17;/h1-4,14,18,20H,5-12H2,(H,19,21);1H. The predicted octanol–water partition coefficient (Wildman–Crippen LogP) is 1.49. The lowest BCUT2D eigenvalue weighted by molar-refractivity contribution is -0.123. The quantitative estimate of drug-likeness (QED) is 0.733. The number of rotatable bonds is 6. The van der Waals surface area contributed by atoms with Crippen LogP contribution in [0.4, 0.5) is 0 Å². The lowest BCUT2D eigenvalue weighted by atomic mass is 9.92. The summed E-state index contributed by atoms with van der Waals surface area (Å²) in [5.74, 6) is 1.07. The minimum absolute atomic E-state index is 0. The second-order valence-electron chi connectivity index (χ2n) is 6.27. The van der Waals surface area contributed by atoms with Gasteiger partial charge in [0.25, 0.3) is 0 Å². The number of hydrogen-bond acceptors (Lipinski definition) is 4. The van der Waals surface area contributed by atoms with E-state index in [4.69, 9.17) is 9.84 Å². The molecule has 6 heteroatoms. The van der Waals surface area contributed by atoms with Crippen molar-refractivity contribution in [2.24, 2.45) is 11.3 Å². The summed E-state index contributed by atoms with van der Waals surface area (Å²) < 4.78 is 5.49. The smallest absolute Gasteiger partial charge is 0.223 e. The van der Waals surface area contributed by atoms with Crippen LogP contribution < -0.4 is 15.4 Å². The molecule has 1 aromatic rings. The van der Waals surface area contributed by atoms with E-state index in [-0.39, 0.29) is 42.9 Å². The van der Waals surface area contributed by atoms with E-state index < -0.39 is 0 Å². The van der Waals surface area contributed by atoms with Crippen molar-refractivity contribution in [3.63, 3.8) is 0 Å². The van der Waals surface area contributed by atoms with Crippen molar-refractivity contribution in [3.05, 3.63) is 29.8 Å². The zero-order chi connectivity index (χ0) is 15.4. The molecule has 1 unspecified atom stereocenters. The number of hydrogen-bond donors (Lipinski definition) is 3. The number of nitrogens with one attached hydrogen (secondary N) is 2. The number of ether oxygens (including phenoxy) is 1. The summed E-state index contributed by atoms with van der Waals surface area (Å²) in [5, 5.41) is 15.3. The van der Waals surface area contributed by atoms with E-state index in [0.29, 0.717) is 6.54 Å². The van der Waals surface area contributed by atoms with Crippen LogP contribution in [-0.2, 0) is 11.3 Å². The van der Waals surface area contributed by atoms with E-state index in [2.05, 4.69) is 10.6 Å². The highest BCUT2D eigenvalue weighted by Crippen LogP contribution is 2.58. The number of benzene rings is 1. The van der Waals surface area contributed by atoms with E-state index in [1.54, 1.807) is 0 Å². The first-order valence-corrected chi connectivity index (χ1v) is 8.05. The Bertz CT molecular complexity index is 532. The number of carbonyl (C=O) groups excluding carboxylic acids is 1. The molecular formula is C17H25ClN2O3. The molecule has 5 nitrogen and oxygen atoms in total. The molecule has 1 aliphatic carbocycles. The van der Waals surface area contributed by atoms with Gasteiger partial charge in [0.15, 0.2) is 0 Å². The molecule has 0 aromatic heterocycles. The molecule has 1 amide bonds. The second kappa shape index (κ2) is 7.99. The van der Waals surface area contributed by atoms with Gasteiger partial charge in [-0.25, -0.2) is 0 Å². The van der Waals surface area contributed by atoms with Crippen LogP contribution in [0, 0.1) is 11.3 Å². The molecule has 3 rings (SSSR count). The zero-order valence-corrected chi connectivity index (χ0v) is 14.0. The summed E-state index contributed by atoms with van der Waals surface area (Å²) in [4.78, 5) is 12.4. The number of piperidine rings is 1. The van der Waals surface area contributed by atoms with Crippen LogP contribution in [0.1, 0.15) is 24.8 Å². The van der Waals surface area contributed by atoms with Crippen molar-refractivity contribution in [2.75, 3.05) is 26.3 Å². The summed E-state index contributed by atoms with van der Waals surface area (Å²) >= 11 is 0. The van der Waals surface area contributed by atoms with E-state index in [1.165, 1.54) is 0 Å². The van der Waals surface area contributed by atoms with Gasteiger partial charge < -0.3 is 20.5 Å².